The van der Waals surface area contributed by atoms with Crippen molar-refractivity contribution in [3.63, 3.8) is 0 Å². The second kappa shape index (κ2) is 6.61. The Morgan fingerprint density at radius 1 is 1.04 bits per heavy atom. The molecule has 0 saturated carbocycles. The molecule has 0 bridgehead atoms. The summed E-state index contributed by atoms with van der Waals surface area (Å²) in [6.45, 7) is 0. The minimum Gasteiger partial charge on any atom is -0.382 e. The van der Waals surface area contributed by atoms with Crippen molar-refractivity contribution in [2.75, 3.05) is 5.73 Å². The minimum absolute atomic E-state index is 0.155. The molecule has 0 saturated heterocycles. The smallest absolute Gasteiger partial charge is 0.251 e. The van der Waals surface area contributed by atoms with Crippen LogP contribution in [0.4, 0.5) is 5.82 Å². The zero-order valence-corrected chi connectivity index (χ0v) is 14.5. The van der Waals surface area contributed by atoms with Gasteiger partial charge in [-0.05, 0) is 47.0 Å². The van der Waals surface area contributed by atoms with E-state index in [1.807, 2.05) is 48.5 Å². The maximum Gasteiger partial charge on any atom is 0.251 e. The van der Waals surface area contributed by atoms with Crippen LogP contribution in [0.5, 0.6) is 0 Å². The Morgan fingerprint density at radius 3 is 2.58 bits per heavy atom. The van der Waals surface area contributed by atoms with E-state index in [9.17, 15) is 4.79 Å². The summed E-state index contributed by atoms with van der Waals surface area (Å²) in [7, 11) is 0. The van der Waals surface area contributed by atoms with E-state index in [2.05, 4.69) is 10.1 Å². The molecule has 0 radical (unpaired) electrons. The van der Waals surface area contributed by atoms with Crippen LogP contribution < -0.4 is 5.73 Å². The number of aromatic nitrogens is 3. The number of rotatable bonds is 3. The van der Waals surface area contributed by atoms with E-state index in [0.29, 0.717) is 16.4 Å². The molecule has 0 aliphatic rings. The largest absolute Gasteiger partial charge is 0.382 e. The number of anilines is 1. The van der Waals surface area contributed by atoms with Crippen LogP contribution in [0.15, 0.2) is 67.0 Å². The number of carbonyl (C=O) groups is 1. The molecule has 0 aliphatic heterocycles. The van der Waals surface area contributed by atoms with E-state index in [1.165, 1.54) is 4.68 Å². The van der Waals surface area contributed by atoms with Gasteiger partial charge in [0.05, 0.1) is 11.9 Å². The number of fused-ring (bicyclic) bond motifs is 1. The Kier molecular flexibility index (Phi) is 4.14. The second-order valence-electron chi connectivity index (χ2n) is 5.93. The van der Waals surface area contributed by atoms with Gasteiger partial charge in [0, 0.05) is 22.8 Å². The molecule has 2 aromatic heterocycles. The van der Waals surface area contributed by atoms with Gasteiger partial charge in [-0.2, -0.15) is 4.68 Å². The molecule has 2 N–H and O–H groups in total. The fourth-order valence-electron chi connectivity index (χ4n) is 2.93. The first-order valence-electron chi connectivity index (χ1n) is 8.09. The highest BCUT2D eigenvalue weighted by Gasteiger charge is 2.16. The molecule has 4 aromatic rings. The molecule has 0 unspecified atom stereocenters. The van der Waals surface area contributed by atoms with Crippen LogP contribution >= 0.6 is 11.6 Å². The van der Waals surface area contributed by atoms with Crippen molar-refractivity contribution in [1.82, 2.24) is 14.8 Å². The van der Waals surface area contributed by atoms with Gasteiger partial charge in [0.2, 0.25) is 0 Å². The van der Waals surface area contributed by atoms with Crippen LogP contribution in [0.25, 0.3) is 22.0 Å². The predicted molar refractivity (Wildman–Crippen MR) is 103 cm³/mol. The second-order valence-corrected chi connectivity index (χ2v) is 6.33. The minimum atomic E-state index is -0.184. The maximum absolute atomic E-state index is 12.7. The molecule has 0 atom stereocenters. The number of pyridine rings is 1. The van der Waals surface area contributed by atoms with Crippen molar-refractivity contribution < 1.29 is 4.79 Å². The van der Waals surface area contributed by atoms with Crippen molar-refractivity contribution in [2.24, 2.45) is 0 Å². The molecular weight excluding hydrogens is 348 g/mol. The summed E-state index contributed by atoms with van der Waals surface area (Å²) in [6.07, 6.45) is 3.63. The van der Waals surface area contributed by atoms with Gasteiger partial charge in [-0.25, -0.2) is 0 Å². The molecule has 4 rings (SSSR count). The quantitative estimate of drug-likeness (QED) is 0.592. The Labute approximate surface area is 155 Å². The van der Waals surface area contributed by atoms with Crippen LogP contribution in [0, 0.1) is 0 Å². The summed E-state index contributed by atoms with van der Waals surface area (Å²) in [4.78, 5) is 16.8. The SMILES string of the molecule is Nc1nn(C(=O)Cc2ccccc2Cl)c2ccc(-c3ccncc3)cc12. The summed E-state index contributed by atoms with van der Waals surface area (Å²) in [5.41, 5.74) is 9.51. The van der Waals surface area contributed by atoms with E-state index in [1.54, 1.807) is 18.5 Å². The lowest BCUT2D eigenvalue weighted by molar-refractivity contribution is 0.0904. The fourth-order valence-corrected chi connectivity index (χ4v) is 3.14. The highest BCUT2D eigenvalue weighted by Crippen LogP contribution is 2.28. The molecule has 2 aromatic carbocycles. The van der Waals surface area contributed by atoms with Gasteiger partial charge in [0.25, 0.3) is 5.91 Å². The topological polar surface area (TPSA) is 73.8 Å². The summed E-state index contributed by atoms with van der Waals surface area (Å²) in [5, 5.41) is 5.54. The predicted octanol–water partition coefficient (Wildman–Crippen LogP) is 4.22. The summed E-state index contributed by atoms with van der Waals surface area (Å²) in [5.74, 6) is 0.139. The third-order valence-corrected chi connectivity index (χ3v) is 4.63. The lowest BCUT2D eigenvalue weighted by atomic mass is 10.1. The number of halogens is 1. The van der Waals surface area contributed by atoms with Gasteiger partial charge in [-0.15, -0.1) is 5.10 Å². The highest BCUT2D eigenvalue weighted by atomic mass is 35.5. The van der Waals surface area contributed by atoms with Crippen molar-refractivity contribution in [2.45, 2.75) is 6.42 Å². The van der Waals surface area contributed by atoms with E-state index in [0.717, 1.165) is 22.1 Å². The van der Waals surface area contributed by atoms with Crippen LogP contribution in [0.3, 0.4) is 0 Å². The summed E-state index contributed by atoms with van der Waals surface area (Å²) < 4.78 is 1.35. The van der Waals surface area contributed by atoms with Crippen LogP contribution in [-0.2, 0) is 6.42 Å². The molecule has 26 heavy (non-hydrogen) atoms. The Hall–Kier alpha value is -3.18. The molecule has 0 aliphatic carbocycles. The maximum atomic E-state index is 12.7. The standard InChI is InChI=1S/C20H15ClN4O/c21-17-4-2-1-3-15(17)12-19(26)25-18-6-5-14(11-16(18)20(22)24-25)13-7-9-23-10-8-13/h1-11H,12H2,(H2,22,24). The first-order valence-corrected chi connectivity index (χ1v) is 8.46. The van der Waals surface area contributed by atoms with Gasteiger partial charge in [0.1, 0.15) is 0 Å². The third-order valence-electron chi connectivity index (χ3n) is 4.26. The number of nitrogens with zero attached hydrogens (tertiary/aromatic N) is 3. The number of hydrogen-bond donors (Lipinski definition) is 1. The lowest BCUT2D eigenvalue weighted by Gasteiger charge is -2.05. The average Bonchev–Trinajstić information content (AvgIpc) is 3.01. The van der Waals surface area contributed by atoms with Gasteiger partial charge in [-0.3, -0.25) is 9.78 Å². The van der Waals surface area contributed by atoms with Gasteiger partial charge < -0.3 is 5.73 Å². The van der Waals surface area contributed by atoms with E-state index in [4.69, 9.17) is 17.3 Å². The van der Waals surface area contributed by atoms with Crippen LogP contribution in [-0.4, -0.2) is 20.7 Å². The number of nitrogen functional groups attached to an aromatic ring is 1. The Morgan fingerprint density at radius 2 is 1.81 bits per heavy atom. The molecule has 0 spiro atoms. The van der Waals surface area contributed by atoms with Gasteiger partial charge >= 0.3 is 0 Å². The number of hydrogen-bond acceptors (Lipinski definition) is 4. The van der Waals surface area contributed by atoms with Gasteiger partial charge in [-0.1, -0.05) is 35.9 Å². The Bertz CT molecular complexity index is 1110. The summed E-state index contributed by atoms with van der Waals surface area (Å²) in [6, 6.07) is 16.9. The normalized spacial score (nSPS) is 11.0. The van der Waals surface area contributed by atoms with Crippen molar-refractivity contribution in [3.8, 4) is 11.1 Å². The first-order chi connectivity index (χ1) is 12.6. The molecular formula is C20H15ClN4O. The number of nitrogens with two attached hydrogens (primary N) is 1. The van der Waals surface area contributed by atoms with Crippen molar-refractivity contribution >= 4 is 34.2 Å². The first kappa shape index (κ1) is 16.3. The lowest BCUT2D eigenvalue weighted by Crippen LogP contribution is -2.15. The van der Waals surface area contributed by atoms with Crippen molar-refractivity contribution in [3.05, 3.63) is 77.6 Å². The molecule has 0 fully saturated rings. The molecule has 128 valence electrons. The zero-order valence-electron chi connectivity index (χ0n) is 13.8. The molecule has 0 amide bonds. The zero-order chi connectivity index (χ0) is 18.1. The molecule has 5 nitrogen and oxygen atoms in total. The average molecular weight is 363 g/mol. The summed E-state index contributed by atoms with van der Waals surface area (Å²) >= 11 is 6.16. The van der Waals surface area contributed by atoms with E-state index < -0.39 is 0 Å². The molecule has 6 heteroatoms. The number of benzene rings is 2. The number of carbonyl (C=O) groups excluding carboxylic acids is 1. The Balaban J connectivity index is 1.73. The van der Waals surface area contributed by atoms with Crippen LogP contribution in [0.2, 0.25) is 5.02 Å². The monoisotopic (exact) mass is 362 g/mol. The third kappa shape index (κ3) is 2.93. The van der Waals surface area contributed by atoms with Crippen LogP contribution in [0.1, 0.15) is 10.4 Å². The van der Waals surface area contributed by atoms with Crippen molar-refractivity contribution in [1.29, 1.82) is 0 Å². The van der Waals surface area contributed by atoms with E-state index >= 15 is 0 Å². The van der Waals surface area contributed by atoms with Gasteiger partial charge in [0.15, 0.2) is 5.82 Å². The van der Waals surface area contributed by atoms with E-state index in [-0.39, 0.29) is 12.3 Å². The molecule has 2 heterocycles. The highest BCUT2D eigenvalue weighted by molar-refractivity contribution is 6.31. The fraction of sp³-hybridized carbons (Fsp3) is 0.0500.